The highest BCUT2D eigenvalue weighted by molar-refractivity contribution is 5.91. The lowest BCUT2D eigenvalue weighted by molar-refractivity contribution is 0.0735. The molecule has 120 valence electrons. The van der Waals surface area contributed by atoms with Gasteiger partial charge in [-0.15, -0.1) is 0 Å². The lowest BCUT2D eigenvalue weighted by atomic mass is 10.1. The third-order valence-corrected chi connectivity index (χ3v) is 3.78. The summed E-state index contributed by atoms with van der Waals surface area (Å²) in [5.74, 6) is 0.993. The third kappa shape index (κ3) is 3.63. The van der Waals surface area contributed by atoms with Crippen molar-refractivity contribution in [3.8, 4) is 22.6 Å². The first-order valence-electron chi connectivity index (χ1n) is 7.69. The minimum Gasteiger partial charge on any atom is -0.497 e. The van der Waals surface area contributed by atoms with E-state index in [1.54, 1.807) is 31.4 Å². The molecule has 0 unspecified atom stereocenters. The first-order valence-corrected chi connectivity index (χ1v) is 7.69. The number of carbonyl (C=O) groups is 1. The van der Waals surface area contributed by atoms with Gasteiger partial charge in [-0.05, 0) is 54.4 Å². The summed E-state index contributed by atoms with van der Waals surface area (Å²) < 4.78 is 10.6. The van der Waals surface area contributed by atoms with Gasteiger partial charge in [0.1, 0.15) is 11.5 Å². The van der Waals surface area contributed by atoms with Crippen LogP contribution in [0.5, 0.6) is 11.5 Å². The Hall–Kier alpha value is -3.07. The van der Waals surface area contributed by atoms with E-state index in [9.17, 15) is 4.79 Å². The molecule has 0 atom stereocenters. The molecule has 0 aromatic heterocycles. The highest BCUT2D eigenvalue weighted by Crippen LogP contribution is 2.25. The molecule has 0 aliphatic heterocycles. The number of rotatable bonds is 4. The van der Waals surface area contributed by atoms with Crippen LogP contribution in [0.3, 0.4) is 0 Å². The fourth-order valence-corrected chi connectivity index (χ4v) is 2.35. The maximum atomic E-state index is 12.1. The second kappa shape index (κ2) is 7.01. The van der Waals surface area contributed by atoms with Gasteiger partial charge in [0.15, 0.2) is 0 Å². The summed E-state index contributed by atoms with van der Waals surface area (Å²) in [5.41, 5.74) is 3.77. The molecule has 3 rings (SSSR count). The van der Waals surface area contributed by atoms with Gasteiger partial charge in [0.25, 0.3) is 0 Å². The van der Waals surface area contributed by atoms with Crippen LogP contribution in [0.15, 0.2) is 72.8 Å². The topological polar surface area (TPSA) is 35.5 Å². The number of aryl methyl sites for hydroxylation is 1. The van der Waals surface area contributed by atoms with Crippen LogP contribution in [-0.2, 0) is 0 Å². The summed E-state index contributed by atoms with van der Waals surface area (Å²) >= 11 is 0. The predicted octanol–water partition coefficient (Wildman–Crippen LogP) is 4.89. The molecule has 3 nitrogen and oxygen atoms in total. The lowest BCUT2D eigenvalue weighted by Gasteiger charge is -2.07. The second-order valence-electron chi connectivity index (χ2n) is 5.51. The molecule has 0 radical (unpaired) electrons. The number of hydrogen-bond acceptors (Lipinski definition) is 3. The molecule has 0 spiro atoms. The Balaban J connectivity index is 1.71. The van der Waals surface area contributed by atoms with Gasteiger partial charge >= 0.3 is 5.97 Å². The zero-order valence-electron chi connectivity index (χ0n) is 13.7. The van der Waals surface area contributed by atoms with Crippen LogP contribution in [0.25, 0.3) is 11.1 Å². The van der Waals surface area contributed by atoms with Crippen molar-refractivity contribution in [2.75, 3.05) is 7.11 Å². The summed E-state index contributed by atoms with van der Waals surface area (Å²) in [6, 6.07) is 22.6. The van der Waals surface area contributed by atoms with E-state index < -0.39 is 0 Å². The van der Waals surface area contributed by atoms with Gasteiger partial charge in [0.2, 0.25) is 0 Å². The van der Waals surface area contributed by atoms with Crippen molar-refractivity contribution >= 4 is 5.97 Å². The molecule has 0 amide bonds. The second-order valence-corrected chi connectivity index (χ2v) is 5.51. The van der Waals surface area contributed by atoms with Gasteiger partial charge in [-0.3, -0.25) is 0 Å². The average molecular weight is 318 g/mol. The van der Waals surface area contributed by atoms with Crippen molar-refractivity contribution in [2.24, 2.45) is 0 Å². The van der Waals surface area contributed by atoms with Gasteiger partial charge in [-0.2, -0.15) is 0 Å². The van der Waals surface area contributed by atoms with Crippen LogP contribution in [0.2, 0.25) is 0 Å². The van der Waals surface area contributed by atoms with Crippen LogP contribution in [0, 0.1) is 6.92 Å². The van der Waals surface area contributed by atoms with Gasteiger partial charge < -0.3 is 9.47 Å². The maximum Gasteiger partial charge on any atom is 0.343 e. The van der Waals surface area contributed by atoms with Crippen LogP contribution in [-0.4, -0.2) is 13.1 Å². The van der Waals surface area contributed by atoms with E-state index in [-0.39, 0.29) is 5.97 Å². The van der Waals surface area contributed by atoms with Crippen LogP contribution < -0.4 is 9.47 Å². The number of esters is 1. The molecule has 0 saturated heterocycles. The molecule has 3 heteroatoms. The van der Waals surface area contributed by atoms with E-state index in [0.29, 0.717) is 11.3 Å². The largest absolute Gasteiger partial charge is 0.497 e. The number of hydrogen-bond donors (Lipinski definition) is 0. The molecule has 0 N–H and O–H groups in total. The van der Waals surface area contributed by atoms with Gasteiger partial charge in [0, 0.05) is 0 Å². The Morgan fingerprint density at radius 3 is 1.71 bits per heavy atom. The lowest BCUT2D eigenvalue weighted by Crippen LogP contribution is -2.08. The van der Waals surface area contributed by atoms with E-state index in [0.717, 1.165) is 22.4 Å². The molecule has 0 aliphatic rings. The van der Waals surface area contributed by atoms with Gasteiger partial charge in [-0.25, -0.2) is 4.79 Å². The number of carbonyl (C=O) groups excluding carboxylic acids is 1. The molecular formula is C21H18O3. The molecule has 0 bridgehead atoms. The Morgan fingerprint density at radius 1 is 0.708 bits per heavy atom. The summed E-state index contributed by atoms with van der Waals surface area (Å²) in [6.45, 7) is 1.98. The van der Waals surface area contributed by atoms with E-state index in [2.05, 4.69) is 0 Å². The van der Waals surface area contributed by atoms with E-state index >= 15 is 0 Å². The zero-order valence-corrected chi connectivity index (χ0v) is 13.7. The highest BCUT2D eigenvalue weighted by Gasteiger charge is 2.08. The highest BCUT2D eigenvalue weighted by atomic mass is 16.5. The van der Waals surface area contributed by atoms with E-state index in [4.69, 9.17) is 9.47 Å². The molecule has 0 aliphatic carbocycles. The maximum absolute atomic E-state index is 12.1. The van der Waals surface area contributed by atoms with Gasteiger partial charge in [-0.1, -0.05) is 42.0 Å². The molecule has 0 heterocycles. The first-order chi connectivity index (χ1) is 11.7. The van der Waals surface area contributed by atoms with Crippen LogP contribution in [0.1, 0.15) is 15.9 Å². The summed E-state index contributed by atoms with van der Waals surface area (Å²) in [4.78, 5) is 12.1. The first kappa shape index (κ1) is 15.8. The van der Waals surface area contributed by atoms with Crippen LogP contribution >= 0.6 is 0 Å². The monoisotopic (exact) mass is 318 g/mol. The zero-order chi connectivity index (χ0) is 16.9. The van der Waals surface area contributed by atoms with Crippen molar-refractivity contribution in [2.45, 2.75) is 6.92 Å². The molecule has 0 fully saturated rings. The van der Waals surface area contributed by atoms with Crippen molar-refractivity contribution in [3.63, 3.8) is 0 Å². The average Bonchev–Trinajstić information content (AvgIpc) is 2.63. The quantitative estimate of drug-likeness (QED) is 0.507. The Kier molecular flexibility index (Phi) is 4.62. The Bertz CT molecular complexity index is 816. The van der Waals surface area contributed by atoms with Crippen LogP contribution in [0.4, 0.5) is 0 Å². The molecule has 24 heavy (non-hydrogen) atoms. The summed E-state index contributed by atoms with van der Waals surface area (Å²) in [7, 11) is 1.65. The smallest absolute Gasteiger partial charge is 0.343 e. The molecule has 3 aromatic rings. The Labute approximate surface area is 141 Å². The van der Waals surface area contributed by atoms with E-state index in [1.807, 2.05) is 55.5 Å². The third-order valence-electron chi connectivity index (χ3n) is 3.78. The molecule has 0 saturated carbocycles. The van der Waals surface area contributed by atoms with Gasteiger partial charge in [0.05, 0.1) is 12.7 Å². The van der Waals surface area contributed by atoms with Crippen molar-refractivity contribution in [1.82, 2.24) is 0 Å². The van der Waals surface area contributed by atoms with Crippen molar-refractivity contribution < 1.29 is 14.3 Å². The SMILES string of the molecule is COc1ccc(-c2ccc(OC(=O)c3ccc(C)cc3)cc2)cc1. The minimum atomic E-state index is -0.354. The normalized spacial score (nSPS) is 10.2. The standard InChI is InChI=1S/C21H18O3/c1-15-3-5-18(6-4-15)21(22)24-20-13-9-17(10-14-20)16-7-11-19(23-2)12-8-16/h3-14H,1-2H3. The summed E-state index contributed by atoms with van der Waals surface area (Å²) in [5, 5.41) is 0. The number of ether oxygens (including phenoxy) is 2. The molecule has 3 aromatic carbocycles. The minimum absolute atomic E-state index is 0.354. The number of benzene rings is 3. The van der Waals surface area contributed by atoms with Crippen molar-refractivity contribution in [3.05, 3.63) is 83.9 Å². The Morgan fingerprint density at radius 2 is 1.21 bits per heavy atom. The number of methoxy groups -OCH3 is 1. The fourth-order valence-electron chi connectivity index (χ4n) is 2.35. The fraction of sp³-hybridized carbons (Fsp3) is 0.0952. The predicted molar refractivity (Wildman–Crippen MR) is 94.6 cm³/mol. The van der Waals surface area contributed by atoms with Crippen molar-refractivity contribution in [1.29, 1.82) is 0 Å². The van der Waals surface area contributed by atoms with E-state index in [1.165, 1.54) is 0 Å². The molecular weight excluding hydrogens is 300 g/mol. The summed E-state index contributed by atoms with van der Waals surface area (Å²) in [6.07, 6.45) is 0.